The molecule has 4 heteroatoms. The van der Waals surface area contributed by atoms with Crippen molar-refractivity contribution in [1.82, 2.24) is 10.6 Å². The first-order valence-electron chi connectivity index (χ1n) is 8.66. The van der Waals surface area contributed by atoms with Crippen LogP contribution >= 0.6 is 31.9 Å². The van der Waals surface area contributed by atoms with Crippen LogP contribution in [0.5, 0.6) is 0 Å². The van der Waals surface area contributed by atoms with Gasteiger partial charge in [-0.15, -0.1) is 0 Å². The quantitative estimate of drug-likeness (QED) is 0.614. The fourth-order valence-electron chi connectivity index (χ4n) is 3.32. The van der Waals surface area contributed by atoms with Crippen LogP contribution in [0.15, 0.2) is 57.5 Å². The van der Waals surface area contributed by atoms with Crippen LogP contribution in [0, 0.1) is 0 Å². The average Bonchev–Trinajstić information content (AvgIpc) is 2.61. The molecule has 24 heavy (non-hydrogen) atoms. The molecule has 1 saturated carbocycles. The molecule has 0 spiro atoms. The molecule has 128 valence electrons. The Kier molecular flexibility index (Phi) is 6.90. The molecule has 2 N–H and O–H groups in total. The van der Waals surface area contributed by atoms with Gasteiger partial charge in [-0.25, -0.2) is 0 Å². The molecule has 2 aromatic rings. The Morgan fingerprint density at radius 3 is 1.42 bits per heavy atom. The summed E-state index contributed by atoms with van der Waals surface area (Å²) in [6.45, 7) is 1.88. The summed E-state index contributed by atoms with van der Waals surface area (Å²) >= 11 is 6.99. The van der Waals surface area contributed by atoms with Crippen molar-refractivity contribution in [1.29, 1.82) is 0 Å². The minimum absolute atomic E-state index is 0.554. The van der Waals surface area contributed by atoms with E-state index in [0.717, 1.165) is 22.0 Å². The molecule has 1 aliphatic rings. The van der Waals surface area contributed by atoms with E-state index in [2.05, 4.69) is 91.0 Å². The molecule has 0 aliphatic heterocycles. The molecule has 1 fully saturated rings. The zero-order chi connectivity index (χ0) is 16.8. The van der Waals surface area contributed by atoms with Crippen LogP contribution in [0.1, 0.15) is 36.8 Å². The van der Waals surface area contributed by atoms with Crippen LogP contribution in [0.4, 0.5) is 0 Å². The zero-order valence-electron chi connectivity index (χ0n) is 13.8. The molecule has 0 saturated heterocycles. The van der Waals surface area contributed by atoms with Crippen molar-refractivity contribution in [3.05, 3.63) is 68.6 Å². The van der Waals surface area contributed by atoms with Crippen LogP contribution < -0.4 is 10.6 Å². The number of hydrogen-bond donors (Lipinski definition) is 2. The minimum Gasteiger partial charge on any atom is -0.308 e. The monoisotopic (exact) mass is 450 g/mol. The lowest BCUT2D eigenvalue weighted by atomic mass is 9.90. The second-order valence-electron chi connectivity index (χ2n) is 6.51. The molecule has 0 amide bonds. The molecule has 0 unspecified atom stereocenters. The van der Waals surface area contributed by atoms with E-state index in [4.69, 9.17) is 0 Å². The van der Waals surface area contributed by atoms with Gasteiger partial charge in [-0.2, -0.15) is 0 Å². The first-order chi connectivity index (χ1) is 11.7. The van der Waals surface area contributed by atoms with Crippen LogP contribution in [-0.2, 0) is 13.1 Å². The summed E-state index contributed by atoms with van der Waals surface area (Å²) in [7, 11) is 0. The highest BCUT2D eigenvalue weighted by Crippen LogP contribution is 2.20. The molecule has 2 atom stereocenters. The second kappa shape index (κ2) is 9.14. The van der Waals surface area contributed by atoms with Gasteiger partial charge < -0.3 is 10.6 Å². The smallest absolute Gasteiger partial charge is 0.0224 e. The summed E-state index contributed by atoms with van der Waals surface area (Å²) in [6.07, 6.45) is 5.17. The van der Waals surface area contributed by atoms with Crippen molar-refractivity contribution in [2.24, 2.45) is 0 Å². The number of benzene rings is 2. The topological polar surface area (TPSA) is 24.1 Å². The van der Waals surface area contributed by atoms with E-state index in [1.165, 1.54) is 36.8 Å². The Labute approximate surface area is 161 Å². The largest absolute Gasteiger partial charge is 0.308 e. The Bertz CT molecular complexity index is 568. The highest BCUT2D eigenvalue weighted by molar-refractivity contribution is 9.10. The van der Waals surface area contributed by atoms with Crippen molar-refractivity contribution in [3.8, 4) is 0 Å². The van der Waals surface area contributed by atoms with E-state index in [9.17, 15) is 0 Å². The van der Waals surface area contributed by atoms with Gasteiger partial charge in [0.25, 0.3) is 0 Å². The third kappa shape index (κ3) is 5.41. The highest BCUT2D eigenvalue weighted by atomic mass is 79.9. The predicted molar refractivity (Wildman–Crippen MR) is 108 cm³/mol. The number of halogens is 2. The summed E-state index contributed by atoms with van der Waals surface area (Å²) in [5.41, 5.74) is 2.69. The molecular weight excluding hydrogens is 428 g/mol. The molecule has 0 heterocycles. The van der Waals surface area contributed by atoms with Gasteiger partial charge in [-0.1, -0.05) is 69.0 Å². The lowest BCUT2D eigenvalue weighted by Crippen LogP contribution is -2.49. The molecule has 2 aromatic carbocycles. The fourth-order valence-corrected chi connectivity index (χ4v) is 3.85. The Morgan fingerprint density at radius 1 is 0.667 bits per heavy atom. The van der Waals surface area contributed by atoms with Crippen molar-refractivity contribution in [2.45, 2.75) is 50.9 Å². The number of rotatable bonds is 6. The number of nitrogens with one attached hydrogen (secondary N) is 2. The standard InChI is InChI=1S/C20H24Br2N2/c21-17-9-5-15(6-10-17)13-23-19-3-1-2-4-20(19)24-14-16-7-11-18(22)12-8-16/h5-12,19-20,23-24H,1-4,13-14H2/t19-,20-/m1/s1. The summed E-state index contributed by atoms with van der Waals surface area (Å²) < 4.78 is 2.27. The van der Waals surface area contributed by atoms with Gasteiger partial charge in [-0.3, -0.25) is 0 Å². The Hall–Kier alpha value is -0.680. The van der Waals surface area contributed by atoms with E-state index in [1.807, 2.05) is 0 Å². The first kappa shape index (κ1) is 18.1. The minimum atomic E-state index is 0.554. The van der Waals surface area contributed by atoms with Gasteiger partial charge in [0.1, 0.15) is 0 Å². The third-order valence-corrected chi connectivity index (χ3v) is 5.79. The van der Waals surface area contributed by atoms with E-state index in [0.29, 0.717) is 12.1 Å². The fraction of sp³-hybridized carbons (Fsp3) is 0.400. The van der Waals surface area contributed by atoms with Gasteiger partial charge in [-0.05, 0) is 48.2 Å². The van der Waals surface area contributed by atoms with Crippen molar-refractivity contribution >= 4 is 31.9 Å². The second-order valence-corrected chi connectivity index (χ2v) is 8.34. The molecule has 1 aliphatic carbocycles. The van der Waals surface area contributed by atoms with Crippen LogP contribution in [0.3, 0.4) is 0 Å². The van der Waals surface area contributed by atoms with E-state index in [1.54, 1.807) is 0 Å². The maximum Gasteiger partial charge on any atom is 0.0224 e. The zero-order valence-corrected chi connectivity index (χ0v) is 16.9. The van der Waals surface area contributed by atoms with Crippen molar-refractivity contribution in [2.75, 3.05) is 0 Å². The van der Waals surface area contributed by atoms with Crippen molar-refractivity contribution in [3.63, 3.8) is 0 Å². The SMILES string of the molecule is Brc1ccc(CN[C@@H]2CCCC[C@H]2NCc2ccc(Br)cc2)cc1. The van der Waals surface area contributed by atoms with Crippen LogP contribution in [-0.4, -0.2) is 12.1 Å². The molecule has 0 radical (unpaired) electrons. The summed E-state index contributed by atoms with van der Waals surface area (Å²) in [5.74, 6) is 0. The van der Waals surface area contributed by atoms with E-state index < -0.39 is 0 Å². The highest BCUT2D eigenvalue weighted by Gasteiger charge is 2.24. The van der Waals surface area contributed by atoms with Gasteiger partial charge in [0.05, 0.1) is 0 Å². The van der Waals surface area contributed by atoms with Gasteiger partial charge in [0, 0.05) is 34.1 Å². The lowest BCUT2D eigenvalue weighted by Gasteiger charge is -2.33. The van der Waals surface area contributed by atoms with E-state index >= 15 is 0 Å². The van der Waals surface area contributed by atoms with E-state index in [-0.39, 0.29) is 0 Å². The Balaban J connectivity index is 1.52. The maximum absolute atomic E-state index is 3.77. The van der Waals surface area contributed by atoms with Crippen LogP contribution in [0.2, 0.25) is 0 Å². The van der Waals surface area contributed by atoms with Gasteiger partial charge >= 0.3 is 0 Å². The first-order valence-corrected chi connectivity index (χ1v) is 10.2. The normalized spacial score (nSPS) is 20.9. The summed E-state index contributed by atoms with van der Waals surface area (Å²) in [5, 5.41) is 7.54. The predicted octanol–water partition coefficient (Wildman–Crippen LogP) is 5.40. The summed E-state index contributed by atoms with van der Waals surface area (Å²) in [6, 6.07) is 18.3. The third-order valence-electron chi connectivity index (χ3n) is 4.73. The average molecular weight is 452 g/mol. The molecule has 2 nitrogen and oxygen atoms in total. The maximum atomic E-state index is 3.77. The Morgan fingerprint density at radius 2 is 1.04 bits per heavy atom. The van der Waals surface area contributed by atoms with Crippen LogP contribution in [0.25, 0.3) is 0 Å². The molecular formula is C20H24Br2N2. The summed E-state index contributed by atoms with van der Waals surface area (Å²) in [4.78, 5) is 0. The molecule has 0 aromatic heterocycles. The van der Waals surface area contributed by atoms with Crippen molar-refractivity contribution < 1.29 is 0 Å². The number of hydrogen-bond acceptors (Lipinski definition) is 2. The van der Waals surface area contributed by atoms with Gasteiger partial charge in [0.2, 0.25) is 0 Å². The molecule has 3 rings (SSSR count). The lowest BCUT2D eigenvalue weighted by molar-refractivity contribution is 0.281. The van der Waals surface area contributed by atoms with Gasteiger partial charge in [0.15, 0.2) is 0 Å². The molecule has 0 bridgehead atoms.